The van der Waals surface area contributed by atoms with Gasteiger partial charge in [0.2, 0.25) is 0 Å². The summed E-state index contributed by atoms with van der Waals surface area (Å²) < 4.78 is 0. The van der Waals surface area contributed by atoms with Crippen LogP contribution < -0.4 is 0 Å². The molecule has 0 atom stereocenters. The zero-order chi connectivity index (χ0) is 13.8. The van der Waals surface area contributed by atoms with E-state index in [1.54, 1.807) is 24.3 Å². The molecule has 0 aliphatic carbocycles. The first kappa shape index (κ1) is 12.9. The van der Waals surface area contributed by atoms with Crippen molar-refractivity contribution in [1.29, 1.82) is 0 Å². The van der Waals surface area contributed by atoms with Gasteiger partial charge in [0.1, 0.15) is 11.5 Å². The summed E-state index contributed by atoms with van der Waals surface area (Å²) in [4.78, 5) is 25.9. The lowest BCUT2D eigenvalue weighted by Crippen LogP contribution is -2.02. The standard InChI is InChI=1S/C14H12N2O3/c1-10(17)9-12-7-8-13(16(18)19)14(15-12)11-5-3-2-4-6-11/h2-8H,9H2,1H3. The molecule has 1 aromatic carbocycles. The molecule has 0 aliphatic rings. The van der Waals surface area contributed by atoms with Crippen molar-refractivity contribution in [2.75, 3.05) is 0 Å². The number of ketones is 1. The zero-order valence-electron chi connectivity index (χ0n) is 10.4. The molecule has 2 rings (SSSR count). The second-order valence-electron chi connectivity index (χ2n) is 4.17. The smallest absolute Gasteiger partial charge is 0.295 e. The van der Waals surface area contributed by atoms with Gasteiger partial charge in [-0.1, -0.05) is 30.3 Å². The van der Waals surface area contributed by atoms with Crippen LogP contribution >= 0.6 is 0 Å². The van der Waals surface area contributed by atoms with Gasteiger partial charge < -0.3 is 0 Å². The Morgan fingerprint density at radius 3 is 2.47 bits per heavy atom. The van der Waals surface area contributed by atoms with E-state index in [1.807, 2.05) is 6.07 Å². The third-order valence-corrected chi connectivity index (χ3v) is 2.61. The number of nitro groups is 1. The molecule has 2 aromatic rings. The van der Waals surface area contributed by atoms with Crippen LogP contribution in [0.2, 0.25) is 0 Å². The predicted molar refractivity (Wildman–Crippen MR) is 70.7 cm³/mol. The Bertz CT molecular complexity index is 624. The third kappa shape index (κ3) is 3.01. The van der Waals surface area contributed by atoms with E-state index in [0.717, 1.165) is 0 Å². The summed E-state index contributed by atoms with van der Waals surface area (Å²) in [7, 11) is 0. The van der Waals surface area contributed by atoms with Crippen LogP contribution in [0, 0.1) is 10.1 Å². The van der Waals surface area contributed by atoms with Crippen LogP contribution in [-0.4, -0.2) is 15.7 Å². The average molecular weight is 256 g/mol. The van der Waals surface area contributed by atoms with E-state index in [2.05, 4.69) is 4.98 Å². The number of aromatic nitrogens is 1. The van der Waals surface area contributed by atoms with Gasteiger partial charge in [0.25, 0.3) is 5.69 Å². The van der Waals surface area contributed by atoms with E-state index in [4.69, 9.17) is 0 Å². The summed E-state index contributed by atoms with van der Waals surface area (Å²) in [6.07, 6.45) is 0.178. The molecule has 0 aliphatic heterocycles. The fourth-order valence-corrected chi connectivity index (χ4v) is 1.80. The van der Waals surface area contributed by atoms with Crippen molar-refractivity contribution < 1.29 is 9.72 Å². The molecular weight excluding hydrogens is 244 g/mol. The maximum Gasteiger partial charge on any atom is 0.295 e. The number of hydrogen-bond acceptors (Lipinski definition) is 4. The Kier molecular flexibility index (Phi) is 3.66. The highest BCUT2D eigenvalue weighted by Gasteiger charge is 2.17. The minimum absolute atomic E-state index is 0.0274. The minimum atomic E-state index is -0.465. The van der Waals surface area contributed by atoms with Gasteiger partial charge in [0.15, 0.2) is 0 Å². The average Bonchev–Trinajstić information content (AvgIpc) is 2.38. The van der Waals surface area contributed by atoms with Crippen molar-refractivity contribution in [3.8, 4) is 11.3 Å². The first-order chi connectivity index (χ1) is 9.08. The monoisotopic (exact) mass is 256 g/mol. The topological polar surface area (TPSA) is 73.1 Å². The number of carbonyl (C=O) groups excluding carboxylic acids is 1. The molecule has 19 heavy (non-hydrogen) atoms. The van der Waals surface area contributed by atoms with E-state index in [-0.39, 0.29) is 17.9 Å². The van der Waals surface area contributed by atoms with Crippen molar-refractivity contribution in [2.45, 2.75) is 13.3 Å². The van der Waals surface area contributed by atoms with Crippen LogP contribution in [0.1, 0.15) is 12.6 Å². The highest BCUT2D eigenvalue weighted by Crippen LogP contribution is 2.27. The van der Waals surface area contributed by atoms with Crippen LogP contribution in [0.25, 0.3) is 11.3 Å². The second kappa shape index (κ2) is 5.39. The van der Waals surface area contributed by atoms with Gasteiger partial charge in [-0.25, -0.2) is 4.98 Å². The Morgan fingerprint density at radius 2 is 1.89 bits per heavy atom. The lowest BCUT2D eigenvalue weighted by Gasteiger charge is -2.04. The van der Waals surface area contributed by atoms with Crippen molar-refractivity contribution in [1.82, 2.24) is 4.98 Å². The molecule has 0 bridgehead atoms. The number of nitrogens with zero attached hydrogens (tertiary/aromatic N) is 2. The molecule has 1 heterocycles. The number of pyridine rings is 1. The van der Waals surface area contributed by atoms with E-state index < -0.39 is 4.92 Å². The van der Waals surface area contributed by atoms with E-state index in [0.29, 0.717) is 17.0 Å². The highest BCUT2D eigenvalue weighted by atomic mass is 16.6. The molecular formula is C14H12N2O3. The van der Waals surface area contributed by atoms with Crippen molar-refractivity contribution in [2.24, 2.45) is 0 Å². The molecule has 0 saturated carbocycles. The molecule has 5 heteroatoms. The molecule has 1 aromatic heterocycles. The van der Waals surface area contributed by atoms with Gasteiger partial charge in [-0.3, -0.25) is 14.9 Å². The minimum Gasteiger partial charge on any atom is -0.300 e. The first-order valence-corrected chi connectivity index (χ1v) is 5.77. The number of rotatable bonds is 4. The predicted octanol–water partition coefficient (Wildman–Crippen LogP) is 2.79. The summed E-state index contributed by atoms with van der Waals surface area (Å²) in [6, 6.07) is 11.8. The van der Waals surface area contributed by atoms with Gasteiger partial charge in [0.05, 0.1) is 4.92 Å². The highest BCUT2D eigenvalue weighted by molar-refractivity contribution is 5.78. The summed E-state index contributed by atoms with van der Waals surface area (Å²) in [6.45, 7) is 1.46. The molecule has 5 nitrogen and oxygen atoms in total. The molecule has 0 fully saturated rings. The third-order valence-electron chi connectivity index (χ3n) is 2.61. The van der Waals surface area contributed by atoms with Crippen molar-refractivity contribution >= 4 is 11.5 Å². The van der Waals surface area contributed by atoms with Crippen molar-refractivity contribution in [3.05, 3.63) is 58.3 Å². The number of hydrogen-bond donors (Lipinski definition) is 0. The molecule has 96 valence electrons. The largest absolute Gasteiger partial charge is 0.300 e. The lowest BCUT2D eigenvalue weighted by molar-refractivity contribution is -0.384. The quantitative estimate of drug-likeness (QED) is 0.622. The fraction of sp³-hybridized carbons (Fsp3) is 0.143. The summed E-state index contributed by atoms with van der Waals surface area (Å²) in [5, 5.41) is 11.0. The number of Topliss-reactive ketones (excluding diaryl/α,β-unsaturated/α-hetero) is 1. The van der Waals surface area contributed by atoms with Gasteiger partial charge in [0, 0.05) is 23.7 Å². The maximum absolute atomic E-state index is 11.1. The summed E-state index contributed by atoms with van der Waals surface area (Å²) in [5.74, 6) is -0.0274. The first-order valence-electron chi connectivity index (χ1n) is 5.77. The molecule has 0 unspecified atom stereocenters. The van der Waals surface area contributed by atoms with E-state index in [1.165, 1.54) is 19.1 Å². The SMILES string of the molecule is CC(=O)Cc1ccc([N+](=O)[O-])c(-c2ccccc2)n1. The Morgan fingerprint density at radius 1 is 1.21 bits per heavy atom. The summed E-state index contributed by atoms with van der Waals surface area (Å²) in [5.41, 5.74) is 1.44. The van der Waals surface area contributed by atoms with Gasteiger partial charge in [-0.15, -0.1) is 0 Å². The number of carbonyl (C=O) groups is 1. The molecule has 0 N–H and O–H groups in total. The Labute approximate surface area is 110 Å². The molecule has 0 amide bonds. The fourth-order valence-electron chi connectivity index (χ4n) is 1.80. The van der Waals surface area contributed by atoms with Crippen molar-refractivity contribution in [3.63, 3.8) is 0 Å². The summed E-state index contributed by atoms with van der Waals surface area (Å²) >= 11 is 0. The van der Waals surface area contributed by atoms with Gasteiger partial charge >= 0.3 is 0 Å². The van der Waals surface area contributed by atoms with Crippen LogP contribution in [0.3, 0.4) is 0 Å². The van der Waals surface area contributed by atoms with Crippen LogP contribution in [0.4, 0.5) is 5.69 Å². The normalized spacial score (nSPS) is 10.2. The van der Waals surface area contributed by atoms with Gasteiger partial charge in [-0.2, -0.15) is 0 Å². The Hall–Kier alpha value is -2.56. The van der Waals surface area contributed by atoms with Crippen LogP contribution in [0.15, 0.2) is 42.5 Å². The van der Waals surface area contributed by atoms with E-state index in [9.17, 15) is 14.9 Å². The number of benzene rings is 1. The zero-order valence-corrected chi connectivity index (χ0v) is 10.4. The second-order valence-corrected chi connectivity index (χ2v) is 4.17. The Balaban J connectivity index is 2.54. The van der Waals surface area contributed by atoms with Crippen LogP contribution in [-0.2, 0) is 11.2 Å². The maximum atomic E-state index is 11.1. The molecule has 0 saturated heterocycles. The van der Waals surface area contributed by atoms with E-state index >= 15 is 0 Å². The molecule has 0 radical (unpaired) electrons. The van der Waals surface area contributed by atoms with Crippen LogP contribution in [0.5, 0.6) is 0 Å². The molecule has 0 spiro atoms. The lowest BCUT2D eigenvalue weighted by atomic mass is 10.1. The van der Waals surface area contributed by atoms with Gasteiger partial charge in [-0.05, 0) is 13.0 Å².